The summed E-state index contributed by atoms with van der Waals surface area (Å²) in [5, 5.41) is 3.49. The van der Waals surface area contributed by atoms with Gasteiger partial charge in [-0.25, -0.2) is 0 Å². The number of carbonyl (C=O) groups excluding carboxylic acids is 2. The van der Waals surface area contributed by atoms with Crippen molar-refractivity contribution in [3.63, 3.8) is 0 Å². The van der Waals surface area contributed by atoms with Crippen LogP contribution in [0, 0.1) is 0 Å². The average molecular weight is 380 g/mol. The number of aromatic nitrogens is 1. The average Bonchev–Trinajstić information content (AvgIpc) is 2.64. The first kappa shape index (κ1) is 17.7. The zero-order valence-corrected chi connectivity index (χ0v) is 14.7. The lowest BCUT2D eigenvalue weighted by atomic mass is 10.1. The van der Waals surface area contributed by atoms with E-state index in [-0.39, 0.29) is 11.5 Å². The van der Waals surface area contributed by atoms with Gasteiger partial charge in [0.1, 0.15) is 0 Å². The van der Waals surface area contributed by atoms with Crippen molar-refractivity contribution < 1.29 is 14.3 Å². The fourth-order valence-corrected chi connectivity index (χ4v) is 2.87. The molecular formula is C17H15Cl2N3O3. The van der Waals surface area contributed by atoms with E-state index in [0.717, 1.165) is 0 Å². The van der Waals surface area contributed by atoms with Gasteiger partial charge in [0.2, 0.25) is 0 Å². The predicted octanol–water partition coefficient (Wildman–Crippen LogP) is 3.11. The molecule has 2 heterocycles. The maximum absolute atomic E-state index is 12.5. The molecule has 8 heteroatoms. The highest BCUT2D eigenvalue weighted by atomic mass is 35.5. The molecular weight excluding hydrogens is 365 g/mol. The zero-order chi connectivity index (χ0) is 17.8. The van der Waals surface area contributed by atoms with Gasteiger partial charge in [-0.2, -0.15) is 0 Å². The quantitative estimate of drug-likeness (QED) is 0.888. The van der Waals surface area contributed by atoms with Gasteiger partial charge in [0.05, 0.1) is 35.1 Å². The second kappa shape index (κ2) is 7.82. The van der Waals surface area contributed by atoms with E-state index in [9.17, 15) is 9.59 Å². The first-order chi connectivity index (χ1) is 12.0. The number of halogens is 2. The normalized spacial score (nSPS) is 14.2. The summed E-state index contributed by atoms with van der Waals surface area (Å²) < 4.78 is 5.24. The molecule has 2 amide bonds. The number of ether oxygens (including phenoxy) is 1. The maximum Gasteiger partial charge on any atom is 0.257 e. The monoisotopic (exact) mass is 379 g/mol. The highest BCUT2D eigenvalue weighted by Crippen LogP contribution is 2.25. The number of carbonyl (C=O) groups is 2. The first-order valence-corrected chi connectivity index (χ1v) is 8.38. The number of nitrogens with zero attached hydrogens (tertiary/aromatic N) is 2. The maximum atomic E-state index is 12.5. The lowest BCUT2D eigenvalue weighted by Crippen LogP contribution is -2.40. The van der Waals surface area contributed by atoms with Gasteiger partial charge in [-0.3, -0.25) is 14.6 Å². The van der Waals surface area contributed by atoms with Gasteiger partial charge in [0.25, 0.3) is 11.8 Å². The molecule has 130 valence electrons. The largest absolute Gasteiger partial charge is 0.378 e. The Morgan fingerprint density at radius 3 is 2.52 bits per heavy atom. The van der Waals surface area contributed by atoms with Crippen LogP contribution in [0.25, 0.3) is 0 Å². The highest BCUT2D eigenvalue weighted by Gasteiger charge is 2.20. The number of nitrogens with one attached hydrogen (secondary N) is 1. The molecule has 1 aliphatic rings. The number of benzene rings is 1. The van der Waals surface area contributed by atoms with Crippen molar-refractivity contribution in [2.24, 2.45) is 0 Å². The Morgan fingerprint density at radius 2 is 1.80 bits per heavy atom. The topological polar surface area (TPSA) is 71.5 Å². The minimum atomic E-state index is -0.409. The van der Waals surface area contributed by atoms with Crippen LogP contribution in [0.1, 0.15) is 20.7 Å². The summed E-state index contributed by atoms with van der Waals surface area (Å²) in [6.45, 7) is 2.06. The van der Waals surface area contributed by atoms with E-state index in [2.05, 4.69) is 10.3 Å². The number of rotatable bonds is 3. The molecule has 0 radical (unpaired) electrons. The van der Waals surface area contributed by atoms with E-state index >= 15 is 0 Å². The fraction of sp³-hybridized carbons (Fsp3) is 0.235. The second-order valence-corrected chi connectivity index (χ2v) is 6.29. The molecule has 2 aromatic rings. The van der Waals surface area contributed by atoms with E-state index in [1.54, 1.807) is 17.0 Å². The van der Waals surface area contributed by atoms with Crippen LogP contribution in [0.2, 0.25) is 10.0 Å². The van der Waals surface area contributed by atoms with E-state index in [1.165, 1.54) is 24.5 Å². The van der Waals surface area contributed by atoms with Crippen LogP contribution < -0.4 is 5.32 Å². The molecule has 1 N–H and O–H groups in total. The van der Waals surface area contributed by atoms with Crippen molar-refractivity contribution in [2.45, 2.75) is 0 Å². The van der Waals surface area contributed by atoms with Gasteiger partial charge in [-0.05, 0) is 24.3 Å². The van der Waals surface area contributed by atoms with Crippen molar-refractivity contribution in [3.05, 3.63) is 57.8 Å². The third-order valence-electron chi connectivity index (χ3n) is 3.73. The molecule has 1 aromatic carbocycles. The molecule has 1 fully saturated rings. The van der Waals surface area contributed by atoms with Gasteiger partial charge < -0.3 is 15.0 Å². The van der Waals surface area contributed by atoms with E-state index < -0.39 is 5.91 Å². The van der Waals surface area contributed by atoms with Crippen LogP contribution in [0.4, 0.5) is 5.69 Å². The summed E-state index contributed by atoms with van der Waals surface area (Å²) in [6.07, 6.45) is 2.85. The van der Waals surface area contributed by atoms with Crippen molar-refractivity contribution in [2.75, 3.05) is 31.6 Å². The molecule has 0 saturated carbocycles. The van der Waals surface area contributed by atoms with Crippen LogP contribution >= 0.6 is 23.2 Å². The summed E-state index contributed by atoms with van der Waals surface area (Å²) in [7, 11) is 0. The molecule has 0 bridgehead atoms. The van der Waals surface area contributed by atoms with Gasteiger partial charge in [0.15, 0.2) is 0 Å². The number of hydrogen-bond donors (Lipinski definition) is 1. The number of morpholine rings is 1. The van der Waals surface area contributed by atoms with Crippen molar-refractivity contribution in [3.8, 4) is 0 Å². The molecule has 0 aliphatic carbocycles. The Kier molecular flexibility index (Phi) is 5.53. The summed E-state index contributed by atoms with van der Waals surface area (Å²) in [5.41, 5.74) is 1.06. The number of hydrogen-bond acceptors (Lipinski definition) is 4. The Balaban J connectivity index is 1.76. The minimum Gasteiger partial charge on any atom is -0.378 e. The van der Waals surface area contributed by atoms with E-state index in [1.807, 2.05) is 0 Å². The lowest BCUT2D eigenvalue weighted by molar-refractivity contribution is 0.0302. The summed E-state index contributed by atoms with van der Waals surface area (Å²) >= 11 is 11.9. The smallest absolute Gasteiger partial charge is 0.257 e. The Morgan fingerprint density at radius 1 is 1.08 bits per heavy atom. The Labute approximate surface area is 154 Å². The van der Waals surface area contributed by atoms with Gasteiger partial charge in [-0.15, -0.1) is 0 Å². The van der Waals surface area contributed by atoms with Crippen molar-refractivity contribution in [1.82, 2.24) is 9.88 Å². The van der Waals surface area contributed by atoms with Gasteiger partial charge in [-0.1, -0.05) is 23.2 Å². The lowest BCUT2D eigenvalue weighted by Gasteiger charge is -2.26. The van der Waals surface area contributed by atoms with Crippen LogP contribution in [0.3, 0.4) is 0 Å². The van der Waals surface area contributed by atoms with Gasteiger partial charge >= 0.3 is 0 Å². The fourth-order valence-electron chi connectivity index (χ4n) is 2.42. The summed E-state index contributed by atoms with van der Waals surface area (Å²) in [5.74, 6) is -0.580. The second-order valence-electron chi connectivity index (χ2n) is 5.45. The molecule has 0 unspecified atom stereocenters. The molecule has 1 aromatic heterocycles. The minimum absolute atomic E-state index is 0.171. The van der Waals surface area contributed by atoms with Crippen molar-refractivity contribution in [1.29, 1.82) is 0 Å². The molecule has 0 spiro atoms. The van der Waals surface area contributed by atoms with Crippen LogP contribution in [-0.2, 0) is 4.74 Å². The molecule has 0 atom stereocenters. The highest BCUT2D eigenvalue weighted by molar-refractivity contribution is 6.36. The number of pyridine rings is 1. The molecule has 1 saturated heterocycles. The molecule has 1 aliphatic heterocycles. The third-order valence-corrected chi connectivity index (χ3v) is 4.27. The first-order valence-electron chi connectivity index (χ1n) is 7.63. The Bertz CT molecular complexity index is 807. The zero-order valence-electron chi connectivity index (χ0n) is 13.2. The van der Waals surface area contributed by atoms with Crippen LogP contribution in [0.5, 0.6) is 0 Å². The van der Waals surface area contributed by atoms with Crippen LogP contribution in [-0.4, -0.2) is 48.0 Å². The van der Waals surface area contributed by atoms with E-state index in [4.69, 9.17) is 27.9 Å². The SMILES string of the molecule is O=C(Nc1ccc(Cl)cc1Cl)c1cncc(C(=O)N2CCOCC2)c1. The number of amides is 2. The molecule has 6 nitrogen and oxygen atoms in total. The standard InChI is InChI=1S/C17H15Cl2N3O3/c18-13-1-2-15(14(19)8-13)21-16(23)11-7-12(10-20-9-11)17(24)22-3-5-25-6-4-22/h1-2,7-10H,3-6H2,(H,21,23). The van der Waals surface area contributed by atoms with Crippen LogP contribution in [0.15, 0.2) is 36.7 Å². The third kappa shape index (κ3) is 4.28. The Hall–Kier alpha value is -2.15. The summed E-state index contributed by atoms with van der Waals surface area (Å²) in [6, 6.07) is 6.29. The van der Waals surface area contributed by atoms with E-state index in [0.29, 0.717) is 47.6 Å². The van der Waals surface area contributed by atoms with Gasteiger partial charge in [0, 0.05) is 30.5 Å². The van der Waals surface area contributed by atoms with Crippen molar-refractivity contribution >= 4 is 40.7 Å². The molecule has 25 heavy (non-hydrogen) atoms. The summed E-state index contributed by atoms with van der Waals surface area (Å²) in [4.78, 5) is 30.6. The number of anilines is 1. The molecule has 3 rings (SSSR count). The predicted molar refractivity (Wildman–Crippen MR) is 95.4 cm³/mol.